The second kappa shape index (κ2) is 9.35. The SMILES string of the molecule is CCOC(=O)C1=C(C(F)(F)F)N=c2s/c(=C\c3cn(C)c4ccccc34)c(=O)n2[C@H]1c1ccc(Cl)cc1. The van der Waals surface area contributed by atoms with Gasteiger partial charge in [-0.2, -0.15) is 13.2 Å². The molecule has 0 N–H and O–H groups in total. The second-order valence-electron chi connectivity index (χ2n) is 8.33. The lowest BCUT2D eigenvalue weighted by Crippen LogP contribution is -2.41. The topological polar surface area (TPSA) is 65.6 Å². The highest BCUT2D eigenvalue weighted by Crippen LogP contribution is 2.38. The largest absolute Gasteiger partial charge is 0.463 e. The number of aromatic nitrogens is 2. The van der Waals surface area contributed by atoms with E-state index in [-0.39, 0.29) is 21.5 Å². The molecule has 0 aliphatic carbocycles. The van der Waals surface area contributed by atoms with Gasteiger partial charge < -0.3 is 9.30 Å². The maximum absolute atomic E-state index is 14.2. The molecule has 4 aromatic rings. The molecular formula is C26H19ClF3N3O3S. The Kier molecular flexibility index (Phi) is 6.33. The fourth-order valence-electron chi connectivity index (χ4n) is 4.43. The van der Waals surface area contributed by atoms with Gasteiger partial charge in [0.1, 0.15) is 0 Å². The van der Waals surface area contributed by atoms with Gasteiger partial charge in [-0.1, -0.05) is 53.3 Å². The van der Waals surface area contributed by atoms with Crippen molar-refractivity contribution in [2.45, 2.75) is 19.1 Å². The van der Waals surface area contributed by atoms with Gasteiger partial charge in [0.05, 0.1) is 22.8 Å². The lowest BCUT2D eigenvalue weighted by atomic mass is 9.95. The van der Waals surface area contributed by atoms with Gasteiger partial charge in [0.15, 0.2) is 10.5 Å². The second-order valence-corrected chi connectivity index (χ2v) is 9.77. The van der Waals surface area contributed by atoms with Crippen LogP contribution >= 0.6 is 22.9 Å². The molecule has 6 nitrogen and oxygen atoms in total. The molecule has 3 heterocycles. The molecule has 0 fully saturated rings. The summed E-state index contributed by atoms with van der Waals surface area (Å²) in [5, 5.41) is 1.23. The molecule has 0 radical (unpaired) electrons. The standard InChI is InChI=1S/C26H19ClF3N3O3S/c1-3-36-24(35)20-21(14-8-10-16(27)11-9-14)33-23(34)19(37-25(33)31-22(20)26(28,29)30)12-15-13-32(2)18-7-5-4-6-17(15)18/h4-13,21H,3H2,1-2H3/b19-12-/t21-/m0/s1. The quantitative estimate of drug-likeness (QED) is 0.355. The van der Waals surface area contributed by atoms with Crippen molar-refractivity contribution < 1.29 is 22.7 Å². The summed E-state index contributed by atoms with van der Waals surface area (Å²) in [4.78, 5) is 30.2. The number of esters is 1. The fourth-order valence-corrected chi connectivity index (χ4v) is 5.55. The number of hydrogen-bond acceptors (Lipinski definition) is 5. The number of benzene rings is 2. The van der Waals surface area contributed by atoms with Crippen LogP contribution in [-0.4, -0.2) is 27.9 Å². The van der Waals surface area contributed by atoms with Gasteiger partial charge in [-0.15, -0.1) is 0 Å². The Labute approximate surface area is 217 Å². The number of aryl methyl sites for hydroxylation is 1. The van der Waals surface area contributed by atoms with Crippen molar-refractivity contribution in [2.75, 3.05) is 6.61 Å². The number of fused-ring (bicyclic) bond motifs is 2. The molecule has 11 heteroatoms. The monoisotopic (exact) mass is 545 g/mol. The molecule has 37 heavy (non-hydrogen) atoms. The number of allylic oxidation sites excluding steroid dienone is 1. The molecule has 5 rings (SSSR count). The highest BCUT2D eigenvalue weighted by molar-refractivity contribution is 7.07. The normalized spacial score (nSPS) is 16.2. The smallest absolute Gasteiger partial charge is 0.434 e. The van der Waals surface area contributed by atoms with Crippen LogP contribution in [0.3, 0.4) is 0 Å². The molecule has 190 valence electrons. The number of nitrogens with zero attached hydrogens (tertiary/aromatic N) is 3. The number of halogens is 4. The Morgan fingerprint density at radius 2 is 1.89 bits per heavy atom. The first-order valence-corrected chi connectivity index (χ1v) is 12.4. The van der Waals surface area contributed by atoms with Crippen LogP contribution in [0, 0.1) is 0 Å². The maximum Gasteiger partial charge on any atom is 0.434 e. The van der Waals surface area contributed by atoms with Crippen molar-refractivity contribution in [3.63, 3.8) is 0 Å². The molecule has 0 saturated heterocycles. The van der Waals surface area contributed by atoms with Gasteiger partial charge in [-0.3, -0.25) is 9.36 Å². The third kappa shape index (κ3) is 4.40. The van der Waals surface area contributed by atoms with Crippen molar-refractivity contribution in [1.29, 1.82) is 0 Å². The predicted octanol–water partition coefficient (Wildman–Crippen LogP) is 4.49. The van der Waals surface area contributed by atoms with Crippen LogP contribution < -0.4 is 14.9 Å². The van der Waals surface area contributed by atoms with Gasteiger partial charge in [0, 0.05) is 34.7 Å². The minimum atomic E-state index is -4.96. The third-order valence-electron chi connectivity index (χ3n) is 6.00. The van der Waals surface area contributed by atoms with Crippen molar-refractivity contribution >= 4 is 45.9 Å². The minimum absolute atomic E-state index is 0.147. The molecule has 0 bridgehead atoms. The van der Waals surface area contributed by atoms with Crippen molar-refractivity contribution in [3.8, 4) is 0 Å². The predicted molar refractivity (Wildman–Crippen MR) is 135 cm³/mol. The average Bonchev–Trinajstić information content (AvgIpc) is 3.34. The van der Waals surface area contributed by atoms with Gasteiger partial charge in [0.25, 0.3) is 5.56 Å². The summed E-state index contributed by atoms with van der Waals surface area (Å²) >= 11 is 6.83. The highest BCUT2D eigenvalue weighted by Gasteiger charge is 2.45. The van der Waals surface area contributed by atoms with Gasteiger partial charge in [0.2, 0.25) is 0 Å². The Balaban J connectivity index is 1.82. The lowest BCUT2D eigenvalue weighted by molar-refractivity contribution is -0.140. The summed E-state index contributed by atoms with van der Waals surface area (Å²) < 4.78 is 50.8. The zero-order valence-corrected chi connectivity index (χ0v) is 21.1. The van der Waals surface area contributed by atoms with Gasteiger partial charge in [-0.05, 0) is 36.8 Å². The third-order valence-corrected chi connectivity index (χ3v) is 7.23. The fraction of sp³-hybridized carbons (Fsp3) is 0.192. The first-order chi connectivity index (χ1) is 17.6. The molecule has 2 aromatic carbocycles. The number of rotatable bonds is 4. The van der Waals surface area contributed by atoms with Crippen LogP contribution in [0.4, 0.5) is 13.2 Å². The van der Waals surface area contributed by atoms with Crippen LogP contribution in [0.1, 0.15) is 24.1 Å². The van der Waals surface area contributed by atoms with Gasteiger partial charge >= 0.3 is 12.1 Å². The van der Waals surface area contributed by atoms with Crippen molar-refractivity contribution in [3.05, 3.63) is 102 Å². The number of hydrogen-bond donors (Lipinski definition) is 0. The van der Waals surface area contributed by atoms with E-state index in [1.807, 2.05) is 42.1 Å². The summed E-state index contributed by atoms with van der Waals surface area (Å²) in [5.74, 6) is -1.19. The van der Waals surface area contributed by atoms with E-state index >= 15 is 0 Å². The van der Waals surface area contributed by atoms with E-state index in [0.29, 0.717) is 5.02 Å². The van der Waals surface area contributed by atoms with E-state index in [4.69, 9.17) is 16.3 Å². The maximum atomic E-state index is 14.2. The Bertz CT molecular complexity index is 1750. The summed E-state index contributed by atoms with van der Waals surface area (Å²) in [6.45, 7) is 1.34. The Hall–Kier alpha value is -3.63. The van der Waals surface area contributed by atoms with Gasteiger partial charge in [-0.25, -0.2) is 9.79 Å². The van der Waals surface area contributed by atoms with E-state index in [9.17, 15) is 22.8 Å². The molecule has 0 amide bonds. The van der Waals surface area contributed by atoms with E-state index in [0.717, 1.165) is 32.4 Å². The minimum Gasteiger partial charge on any atom is -0.463 e. The molecular weight excluding hydrogens is 527 g/mol. The van der Waals surface area contributed by atoms with E-state index in [1.165, 1.54) is 31.2 Å². The number of carbonyl (C=O) groups excluding carboxylic acids is 1. The Morgan fingerprint density at radius 3 is 2.57 bits per heavy atom. The summed E-state index contributed by atoms with van der Waals surface area (Å²) in [5.41, 5.74) is -0.775. The zero-order valence-electron chi connectivity index (χ0n) is 19.5. The number of ether oxygens (including phenoxy) is 1. The highest BCUT2D eigenvalue weighted by atomic mass is 35.5. The summed E-state index contributed by atoms with van der Waals surface area (Å²) in [7, 11) is 1.86. The van der Waals surface area contributed by atoms with Crippen molar-refractivity contribution in [2.24, 2.45) is 12.0 Å². The summed E-state index contributed by atoms with van der Waals surface area (Å²) in [6, 6.07) is 12.1. The van der Waals surface area contributed by atoms with E-state index < -0.39 is 35.0 Å². The molecule has 0 unspecified atom stereocenters. The van der Waals surface area contributed by atoms with Crippen LogP contribution in [-0.2, 0) is 16.6 Å². The molecule has 0 spiro atoms. The number of para-hydroxylation sites is 1. The van der Waals surface area contributed by atoms with Crippen LogP contribution in [0.2, 0.25) is 5.02 Å². The molecule has 1 aliphatic rings. The lowest BCUT2D eigenvalue weighted by Gasteiger charge is -2.26. The molecule has 0 saturated carbocycles. The average molecular weight is 546 g/mol. The number of alkyl halides is 3. The molecule has 2 aromatic heterocycles. The first-order valence-electron chi connectivity index (χ1n) is 11.2. The number of carbonyl (C=O) groups is 1. The van der Waals surface area contributed by atoms with E-state index in [2.05, 4.69) is 4.99 Å². The number of thiazole rings is 1. The van der Waals surface area contributed by atoms with Crippen LogP contribution in [0.5, 0.6) is 0 Å². The molecule has 1 aliphatic heterocycles. The van der Waals surface area contributed by atoms with E-state index in [1.54, 1.807) is 6.08 Å². The first kappa shape index (κ1) is 25.0. The van der Waals surface area contributed by atoms with Crippen molar-refractivity contribution in [1.82, 2.24) is 9.13 Å². The molecule has 1 atom stereocenters. The summed E-state index contributed by atoms with van der Waals surface area (Å²) in [6.07, 6.45) is -1.49. The van der Waals surface area contributed by atoms with Crippen LogP contribution in [0.15, 0.2) is 75.8 Å². The van der Waals surface area contributed by atoms with Crippen LogP contribution in [0.25, 0.3) is 17.0 Å². The zero-order chi connectivity index (χ0) is 26.5. The Morgan fingerprint density at radius 1 is 1.19 bits per heavy atom.